The van der Waals surface area contributed by atoms with E-state index in [9.17, 15) is 10.2 Å². The average molecular weight is 486 g/mol. The van der Waals surface area contributed by atoms with Gasteiger partial charge in [-0.15, -0.1) is 0 Å². The Morgan fingerprint density at radius 1 is 0.806 bits per heavy atom. The second-order valence-electron chi connectivity index (χ2n) is 9.71. The number of likely N-dealkylation sites (tertiary alicyclic amines) is 1. The van der Waals surface area contributed by atoms with Gasteiger partial charge >= 0.3 is 0 Å². The molecule has 0 radical (unpaired) electrons. The van der Waals surface area contributed by atoms with Gasteiger partial charge in [-0.05, 0) is 67.9 Å². The standard InChI is InChI=1S/C30H31NO5/c32-21-8-12-25-27(17-21)35-19-26-24-11-7-22(33)18-28(24)36-30(29(25)26)20-5-9-23(10-6-20)34-16-15-31-13-3-1-2-4-14-31/h5-12,17-18,30,32-33H,1-4,13-16,19H2. The Kier molecular flexibility index (Phi) is 6.20. The van der Waals surface area contributed by atoms with E-state index in [-0.39, 0.29) is 17.6 Å². The van der Waals surface area contributed by atoms with Gasteiger partial charge in [-0.1, -0.05) is 25.0 Å². The molecule has 6 heteroatoms. The van der Waals surface area contributed by atoms with Gasteiger partial charge in [0.1, 0.15) is 42.0 Å². The summed E-state index contributed by atoms with van der Waals surface area (Å²) in [5, 5.41) is 20.1. The van der Waals surface area contributed by atoms with Crippen molar-refractivity contribution < 1.29 is 24.4 Å². The molecule has 0 amide bonds. The Labute approximate surface area is 211 Å². The van der Waals surface area contributed by atoms with Crippen molar-refractivity contribution in [2.75, 3.05) is 32.8 Å². The highest BCUT2D eigenvalue weighted by Gasteiger charge is 2.35. The van der Waals surface area contributed by atoms with E-state index in [2.05, 4.69) is 4.90 Å². The summed E-state index contributed by atoms with van der Waals surface area (Å²) in [6.07, 6.45) is 4.85. The van der Waals surface area contributed by atoms with Gasteiger partial charge in [0, 0.05) is 41.0 Å². The summed E-state index contributed by atoms with van der Waals surface area (Å²) in [5.41, 5.74) is 4.83. The first kappa shape index (κ1) is 22.8. The lowest BCUT2D eigenvalue weighted by Gasteiger charge is -2.35. The lowest BCUT2D eigenvalue weighted by molar-refractivity contribution is 0.214. The molecule has 0 bridgehead atoms. The van der Waals surface area contributed by atoms with Gasteiger partial charge in [-0.25, -0.2) is 0 Å². The zero-order valence-electron chi connectivity index (χ0n) is 20.3. The summed E-state index contributed by atoms with van der Waals surface area (Å²) in [4.78, 5) is 2.50. The fraction of sp³-hybridized carbons (Fsp3) is 0.333. The number of aromatic hydroxyl groups is 2. The van der Waals surface area contributed by atoms with Crippen LogP contribution in [-0.4, -0.2) is 48.0 Å². The molecule has 3 aromatic carbocycles. The molecule has 6 nitrogen and oxygen atoms in total. The first-order valence-electron chi connectivity index (χ1n) is 12.8. The largest absolute Gasteiger partial charge is 0.508 e. The number of nitrogens with zero attached hydrogens (tertiary/aromatic N) is 1. The van der Waals surface area contributed by atoms with E-state index >= 15 is 0 Å². The van der Waals surface area contributed by atoms with Crippen LogP contribution in [0, 0.1) is 0 Å². The molecule has 1 unspecified atom stereocenters. The maximum absolute atomic E-state index is 10.1. The highest BCUT2D eigenvalue weighted by Crippen LogP contribution is 2.51. The van der Waals surface area contributed by atoms with Crippen LogP contribution in [-0.2, 0) is 0 Å². The van der Waals surface area contributed by atoms with Gasteiger partial charge in [0.25, 0.3) is 0 Å². The number of benzene rings is 3. The van der Waals surface area contributed by atoms with Crippen LogP contribution in [0.5, 0.6) is 28.7 Å². The predicted octanol–water partition coefficient (Wildman–Crippen LogP) is 5.79. The van der Waals surface area contributed by atoms with Gasteiger partial charge in [-0.2, -0.15) is 0 Å². The quantitative estimate of drug-likeness (QED) is 0.477. The van der Waals surface area contributed by atoms with Crippen LogP contribution in [0.25, 0.3) is 11.1 Å². The van der Waals surface area contributed by atoms with Crippen LogP contribution in [0.3, 0.4) is 0 Å². The minimum Gasteiger partial charge on any atom is -0.508 e. The lowest BCUT2D eigenvalue weighted by Crippen LogP contribution is -2.29. The summed E-state index contributed by atoms with van der Waals surface area (Å²) < 4.78 is 18.6. The molecule has 0 saturated carbocycles. The van der Waals surface area contributed by atoms with Gasteiger partial charge < -0.3 is 24.4 Å². The second-order valence-corrected chi connectivity index (χ2v) is 9.71. The van der Waals surface area contributed by atoms with Crippen LogP contribution in [0.2, 0.25) is 0 Å². The number of fused-ring (bicyclic) bond motifs is 4. The summed E-state index contributed by atoms with van der Waals surface area (Å²) in [6, 6.07) is 18.4. The van der Waals surface area contributed by atoms with Gasteiger partial charge in [0.15, 0.2) is 6.10 Å². The van der Waals surface area contributed by atoms with Crippen molar-refractivity contribution in [2.45, 2.75) is 31.8 Å². The molecule has 3 aliphatic rings. The Hall–Kier alpha value is -3.64. The molecule has 0 aromatic heterocycles. The normalized spacial score (nSPS) is 19.3. The van der Waals surface area contributed by atoms with E-state index < -0.39 is 0 Å². The molecular formula is C30H31NO5. The minimum absolute atomic E-state index is 0.159. The molecular weight excluding hydrogens is 454 g/mol. The van der Waals surface area contributed by atoms with Crippen molar-refractivity contribution >= 4 is 11.1 Å². The van der Waals surface area contributed by atoms with E-state index in [0.29, 0.717) is 24.7 Å². The predicted molar refractivity (Wildman–Crippen MR) is 139 cm³/mol. The maximum atomic E-state index is 10.1. The molecule has 3 aromatic rings. The zero-order valence-corrected chi connectivity index (χ0v) is 20.3. The molecule has 1 fully saturated rings. The van der Waals surface area contributed by atoms with Crippen molar-refractivity contribution in [2.24, 2.45) is 0 Å². The van der Waals surface area contributed by atoms with Crippen molar-refractivity contribution in [3.63, 3.8) is 0 Å². The van der Waals surface area contributed by atoms with E-state index in [1.165, 1.54) is 38.8 Å². The molecule has 3 heterocycles. The molecule has 6 rings (SSSR count). The van der Waals surface area contributed by atoms with Gasteiger partial charge in [0.2, 0.25) is 0 Å². The Morgan fingerprint density at radius 3 is 2.25 bits per heavy atom. The van der Waals surface area contributed by atoms with Crippen LogP contribution >= 0.6 is 0 Å². The molecule has 2 N–H and O–H groups in total. The molecule has 36 heavy (non-hydrogen) atoms. The summed E-state index contributed by atoms with van der Waals surface area (Å²) in [5.74, 6) is 2.43. The molecule has 0 aliphatic carbocycles. The third kappa shape index (κ3) is 4.49. The number of hydrogen-bond donors (Lipinski definition) is 2. The highest BCUT2D eigenvalue weighted by molar-refractivity contribution is 5.99. The van der Waals surface area contributed by atoms with Crippen LogP contribution in [0.15, 0.2) is 60.7 Å². The van der Waals surface area contributed by atoms with Crippen molar-refractivity contribution in [1.82, 2.24) is 4.90 Å². The van der Waals surface area contributed by atoms with Crippen LogP contribution < -0.4 is 14.2 Å². The fourth-order valence-corrected chi connectivity index (χ4v) is 5.44. The number of rotatable bonds is 5. The van der Waals surface area contributed by atoms with E-state index in [4.69, 9.17) is 14.2 Å². The average Bonchev–Trinajstić information content (AvgIpc) is 3.17. The number of ether oxygens (including phenoxy) is 3. The first-order valence-corrected chi connectivity index (χ1v) is 12.8. The minimum atomic E-state index is -0.382. The third-order valence-corrected chi connectivity index (χ3v) is 7.31. The topological polar surface area (TPSA) is 71.4 Å². The fourth-order valence-electron chi connectivity index (χ4n) is 5.44. The van der Waals surface area contributed by atoms with E-state index in [1.807, 2.05) is 36.4 Å². The molecule has 1 atom stereocenters. The second kappa shape index (κ2) is 9.78. The molecule has 3 aliphatic heterocycles. The molecule has 0 spiro atoms. The Balaban J connectivity index is 1.26. The Morgan fingerprint density at radius 2 is 1.50 bits per heavy atom. The van der Waals surface area contributed by atoms with Crippen molar-refractivity contribution in [1.29, 1.82) is 0 Å². The van der Waals surface area contributed by atoms with Gasteiger partial charge in [0.05, 0.1) is 0 Å². The summed E-state index contributed by atoms with van der Waals surface area (Å²) >= 11 is 0. The highest BCUT2D eigenvalue weighted by atomic mass is 16.5. The van der Waals surface area contributed by atoms with Crippen LogP contribution in [0.4, 0.5) is 0 Å². The van der Waals surface area contributed by atoms with Crippen LogP contribution in [0.1, 0.15) is 48.5 Å². The molecule has 1 saturated heterocycles. The number of phenolic OH excluding ortho intramolecular Hbond substituents is 2. The van der Waals surface area contributed by atoms with E-state index in [0.717, 1.165) is 40.1 Å². The number of hydrogen-bond acceptors (Lipinski definition) is 6. The smallest absolute Gasteiger partial charge is 0.150 e. The SMILES string of the molecule is Oc1ccc2c(c1)OC(c1ccc(OCCN3CCCCCC3)cc1)C1=C2COc2cc(O)ccc21. The van der Waals surface area contributed by atoms with Crippen molar-refractivity contribution in [3.8, 4) is 28.7 Å². The zero-order chi connectivity index (χ0) is 24.5. The van der Waals surface area contributed by atoms with Crippen molar-refractivity contribution in [3.05, 3.63) is 77.4 Å². The summed E-state index contributed by atoms with van der Waals surface area (Å²) in [6.45, 7) is 4.32. The maximum Gasteiger partial charge on any atom is 0.150 e. The Bertz CT molecular complexity index is 1270. The van der Waals surface area contributed by atoms with E-state index in [1.54, 1.807) is 24.3 Å². The first-order chi connectivity index (χ1) is 17.7. The molecule has 186 valence electrons. The number of phenols is 2. The third-order valence-electron chi connectivity index (χ3n) is 7.31. The monoisotopic (exact) mass is 485 g/mol. The lowest BCUT2D eigenvalue weighted by atomic mass is 9.84. The van der Waals surface area contributed by atoms with Gasteiger partial charge in [-0.3, -0.25) is 4.90 Å². The summed E-state index contributed by atoms with van der Waals surface area (Å²) in [7, 11) is 0.